The maximum absolute atomic E-state index is 12.1. The zero-order chi connectivity index (χ0) is 10.9. The van der Waals surface area contributed by atoms with Gasteiger partial charge in [0.05, 0.1) is 12.0 Å². The zero-order valence-corrected chi connectivity index (χ0v) is 9.29. The Bertz CT molecular complexity index is 364. The molecule has 0 aliphatic carbocycles. The van der Waals surface area contributed by atoms with E-state index in [1.807, 2.05) is 24.7 Å². The highest BCUT2D eigenvalue weighted by Crippen LogP contribution is 2.20. The van der Waals surface area contributed by atoms with Crippen LogP contribution < -0.4 is 5.32 Å². The predicted molar refractivity (Wildman–Crippen MR) is 57.6 cm³/mol. The number of aryl methyl sites for hydroxylation is 1. The lowest BCUT2D eigenvalue weighted by molar-refractivity contribution is -0.123. The molecule has 1 aromatic rings. The quantitative estimate of drug-likeness (QED) is 0.792. The number of rotatable bonds is 3. The summed E-state index contributed by atoms with van der Waals surface area (Å²) in [5.74, 6) is 1.09. The van der Waals surface area contributed by atoms with E-state index in [4.69, 9.17) is 0 Å². The van der Waals surface area contributed by atoms with Crippen LogP contribution in [0.2, 0.25) is 0 Å². The number of carbonyl (C=O) groups is 1. The van der Waals surface area contributed by atoms with E-state index >= 15 is 0 Å². The predicted octanol–water partition coefficient (Wildman–Crippen LogP) is 0.674. The molecule has 1 aromatic heterocycles. The topological polar surface area (TPSA) is 46.9 Å². The van der Waals surface area contributed by atoms with Crippen molar-refractivity contribution in [2.75, 3.05) is 6.54 Å². The van der Waals surface area contributed by atoms with Gasteiger partial charge in [-0.2, -0.15) is 0 Å². The third-order valence-electron chi connectivity index (χ3n) is 3.22. The zero-order valence-electron chi connectivity index (χ0n) is 9.29. The molecule has 0 saturated carbocycles. The van der Waals surface area contributed by atoms with Crippen molar-refractivity contribution in [2.45, 2.75) is 31.7 Å². The highest BCUT2D eigenvalue weighted by molar-refractivity contribution is 5.89. The van der Waals surface area contributed by atoms with Crippen LogP contribution in [0.15, 0.2) is 12.4 Å². The second kappa shape index (κ2) is 3.77. The van der Waals surface area contributed by atoms with Crippen LogP contribution in [0.3, 0.4) is 0 Å². The summed E-state index contributed by atoms with van der Waals surface area (Å²) in [5.41, 5.74) is -0.327. The van der Waals surface area contributed by atoms with Crippen molar-refractivity contribution in [3.8, 4) is 0 Å². The Morgan fingerprint density at radius 1 is 1.73 bits per heavy atom. The largest absolute Gasteiger partial charge is 0.338 e. The Morgan fingerprint density at radius 3 is 3.07 bits per heavy atom. The van der Waals surface area contributed by atoms with Crippen molar-refractivity contribution >= 4 is 5.78 Å². The number of ketones is 1. The van der Waals surface area contributed by atoms with E-state index in [2.05, 4.69) is 10.3 Å². The van der Waals surface area contributed by atoms with Crippen LogP contribution in [0, 0.1) is 0 Å². The fourth-order valence-electron chi connectivity index (χ4n) is 2.04. The van der Waals surface area contributed by atoms with Crippen molar-refractivity contribution in [1.82, 2.24) is 14.9 Å². The molecule has 2 rings (SSSR count). The Labute approximate surface area is 89.7 Å². The van der Waals surface area contributed by atoms with Gasteiger partial charge in [0.25, 0.3) is 0 Å². The van der Waals surface area contributed by atoms with E-state index in [0.29, 0.717) is 6.42 Å². The molecule has 1 fully saturated rings. The molecule has 1 unspecified atom stereocenters. The molecule has 1 aliphatic heterocycles. The van der Waals surface area contributed by atoms with Crippen LogP contribution in [-0.4, -0.2) is 27.4 Å². The number of aromatic nitrogens is 2. The summed E-state index contributed by atoms with van der Waals surface area (Å²) in [4.78, 5) is 16.2. The van der Waals surface area contributed by atoms with Crippen molar-refractivity contribution < 1.29 is 4.79 Å². The molecule has 4 nitrogen and oxygen atoms in total. The van der Waals surface area contributed by atoms with Crippen molar-refractivity contribution in [3.05, 3.63) is 18.2 Å². The Morgan fingerprint density at radius 2 is 2.53 bits per heavy atom. The Hall–Kier alpha value is -1.16. The van der Waals surface area contributed by atoms with Crippen LogP contribution in [0.25, 0.3) is 0 Å². The van der Waals surface area contributed by atoms with Gasteiger partial charge >= 0.3 is 0 Å². The molecule has 0 amide bonds. The molecule has 0 radical (unpaired) electrons. The van der Waals surface area contributed by atoms with Gasteiger partial charge in [0.15, 0.2) is 5.78 Å². The Balaban J connectivity index is 2.07. The summed E-state index contributed by atoms with van der Waals surface area (Å²) >= 11 is 0. The van der Waals surface area contributed by atoms with E-state index in [9.17, 15) is 4.79 Å². The minimum atomic E-state index is -0.327. The number of carbonyl (C=O) groups excluding carboxylic acids is 1. The average Bonchev–Trinajstić information content (AvgIpc) is 2.78. The fraction of sp³-hybridized carbons (Fsp3) is 0.636. The number of nitrogens with one attached hydrogen (secondary N) is 1. The van der Waals surface area contributed by atoms with E-state index < -0.39 is 0 Å². The summed E-state index contributed by atoms with van der Waals surface area (Å²) in [5, 5.41) is 3.28. The van der Waals surface area contributed by atoms with Crippen LogP contribution in [0.4, 0.5) is 0 Å². The first-order chi connectivity index (χ1) is 7.12. The van der Waals surface area contributed by atoms with Gasteiger partial charge in [0.2, 0.25) is 0 Å². The summed E-state index contributed by atoms with van der Waals surface area (Å²) in [6.07, 6.45) is 6.05. The van der Waals surface area contributed by atoms with Gasteiger partial charge in [-0.3, -0.25) is 4.79 Å². The monoisotopic (exact) mass is 207 g/mol. The van der Waals surface area contributed by atoms with Gasteiger partial charge in [0, 0.05) is 19.4 Å². The molecule has 0 spiro atoms. The third kappa shape index (κ3) is 1.95. The first-order valence-electron chi connectivity index (χ1n) is 5.36. The number of imidazole rings is 1. The molecular formula is C11H17N3O. The normalized spacial score (nSPS) is 25.7. The molecule has 15 heavy (non-hydrogen) atoms. The van der Waals surface area contributed by atoms with E-state index in [-0.39, 0.29) is 11.3 Å². The summed E-state index contributed by atoms with van der Waals surface area (Å²) < 4.78 is 1.90. The molecule has 0 bridgehead atoms. The third-order valence-corrected chi connectivity index (χ3v) is 3.22. The SMILES string of the molecule is Cn1ccnc1CC(=O)C1(C)CCCN1. The first-order valence-corrected chi connectivity index (χ1v) is 5.36. The average molecular weight is 207 g/mol. The van der Waals surface area contributed by atoms with E-state index in [1.165, 1.54) is 0 Å². The fourth-order valence-corrected chi connectivity index (χ4v) is 2.04. The molecule has 4 heteroatoms. The lowest BCUT2D eigenvalue weighted by atomic mass is 9.92. The van der Waals surface area contributed by atoms with Crippen LogP contribution in [-0.2, 0) is 18.3 Å². The lowest BCUT2D eigenvalue weighted by Crippen LogP contribution is -2.45. The smallest absolute Gasteiger partial charge is 0.160 e. The molecule has 1 aliphatic rings. The van der Waals surface area contributed by atoms with E-state index in [0.717, 1.165) is 25.2 Å². The molecule has 0 aromatic carbocycles. The minimum Gasteiger partial charge on any atom is -0.338 e. The standard InChI is InChI=1S/C11H17N3O/c1-11(4-3-5-13-11)9(15)8-10-12-6-7-14(10)2/h6-7,13H,3-5,8H2,1-2H3. The highest BCUT2D eigenvalue weighted by atomic mass is 16.1. The number of hydrogen-bond donors (Lipinski definition) is 1. The molecule has 82 valence electrons. The molecule has 1 atom stereocenters. The molecule has 1 saturated heterocycles. The van der Waals surface area contributed by atoms with Crippen LogP contribution >= 0.6 is 0 Å². The Kier molecular flexibility index (Phi) is 2.61. The maximum atomic E-state index is 12.1. The minimum absolute atomic E-state index is 0.245. The maximum Gasteiger partial charge on any atom is 0.160 e. The van der Waals surface area contributed by atoms with Crippen molar-refractivity contribution in [1.29, 1.82) is 0 Å². The molecule has 2 heterocycles. The number of nitrogens with zero attached hydrogens (tertiary/aromatic N) is 2. The summed E-state index contributed by atoms with van der Waals surface area (Å²) in [6.45, 7) is 2.94. The van der Waals surface area contributed by atoms with Crippen LogP contribution in [0.1, 0.15) is 25.6 Å². The van der Waals surface area contributed by atoms with Gasteiger partial charge in [0.1, 0.15) is 5.82 Å². The molecule has 1 N–H and O–H groups in total. The number of hydrogen-bond acceptors (Lipinski definition) is 3. The van der Waals surface area contributed by atoms with Gasteiger partial charge < -0.3 is 9.88 Å². The summed E-state index contributed by atoms with van der Waals surface area (Å²) in [6, 6.07) is 0. The number of Topliss-reactive ketones (excluding diaryl/α,β-unsaturated/α-hetero) is 1. The lowest BCUT2D eigenvalue weighted by Gasteiger charge is -2.22. The van der Waals surface area contributed by atoms with Gasteiger partial charge in [-0.05, 0) is 26.3 Å². The van der Waals surface area contributed by atoms with Crippen molar-refractivity contribution in [3.63, 3.8) is 0 Å². The van der Waals surface area contributed by atoms with Gasteiger partial charge in [-0.1, -0.05) is 0 Å². The van der Waals surface area contributed by atoms with Crippen molar-refractivity contribution in [2.24, 2.45) is 7.05 Å². The van der Waals surface area contributed by atoms with Gasteiger partial charge in [-0.15, -0.1) is 0 Å². The highest BCUT2D eigenvalue weighted by Gasteiger charge is 2.35. The van der Waals surface area contributed by atoms with Crippen LogP contribution in [0.5, 0.6) is 0 Å². The summed E-state index contributed by atoms with van der Waals surface area (Å²) in [7, 11) is 1.92. The van der Waals surface area contributed by atoms with Gasteiger partial charge in [-0.25, -0.2) is 4.98 Å². The van der Waals surface area contributed by atoms with E-state index in [1.54, 1.807) is 6.20 Å². The molecular weight excluding hydrogens is 190 g/mol. The second-order valence-electron chi connectivity index (χ2n) is 4.42. The first kappa shape index (κ1) is 10.4. The second-order valence-corrected chi connectivity index (χ2v) is 4.42.